The first-order chi connectivity index (χ1) is 9.15. The molecule has 1 atom stereocenters. The van der Waals surface area contributed by atoms with Crippen molar-refractivity contribution in [3.8, 4) is 5.69 Å². The van der Waals surface area contributed by atoms with Gasteiger partial charge in [-0.2, -0.15) is 4.68 Å². The fourth-order valence-electron chi connectivity index (χ4n) is 1.89. The first-order valence-corrected chi connectivity index (χ1v) is 5.94. The van der Waals surface area contributed by atoms with Crippen LogP contribution in [-0.4, -0.2) is 44.4 Å². The molecule has 2 rings (SSSR count). The Morgan fingerprint density at radius 2 is 2.11 bits per heavy atom. The van der Waals surface area contributed by atoms with E-state index in [0.29, 0.717) is 12.4 Å². The third-order valence-electron chi connectivity index (χ3n) is 2.91. The predicted octanol–water partition coefficient (Wildman–Crippen LogP) is 0.962. The van der Waals surface area contributed by atoms with E-state index < -0.39 is 12.0 Å². The fraction of sp³-hybridized carbons (Fsp3) is 0.333. The third-order valence-corrected chi connectivity index (χ3v) is 2.91. The number of benzene rings is 1. The quantitative estimate of drug-likeness (QED) is 0.863. The topological polar surface area (TPSA) is 84.1 Å². The Balaban J connectivity index is 2.37. The van der Waals surface area contributed by atoms with Crippen molar-refractivity contribution in [1.82, 2.24) is 20.2 Å². The SMILES string of the molecule is CCC(C(=O)O)N(C)c1nnnn1-c1ccccc1. The summed E-state index contributed by atoms with van der Waals surface area (Å²) in [6.07, 6.45) is 0.466. The molecule has 19 heavy (non-hydrogen) atoms. The molecule has 0 saturated heterocycles. The largest absolute Gasteiger partial charge is 0.480 e. The molecule has 7 heteroatoms. The summed E-state index contributed by atoms with van der Waals surface area (Å²) in [6, 6.07) is 8.69. The van der Waals surface area contributed by atoms with Crippen molar-refractivity contribution >= 4 is 11.9 Å². The van der Waals surface area contributed by atoms with Gasteiger partial charge in [0.1, 0.15) is 6.04 Å². The number of aliphatic carboxylic acids is 1. The summed E-state index contributed by atoms with van der Waals surface area (Å²) in [5.41, 5.74) is 0.787. The Bertz CT molecular complexity index is 554. The number of hydrogen-bond donors (Lipinski definition) is 1. The van der Waals surface area contributed by atoms with Crippen LogP contribution in [0.4, 0.5) is 5.95 Å². The molecule has 0 spiro atoms. The van der Waals surface area contributed by atoms with Crippen molar-refractivity contribution in [1.29, 1.82) is 0 Å². The molecule has 1 unspecified atom stereocenters. The van der Waals surface area contributed by atoms with Crippen LogP contribution < -0.4 is 4.90 Å². The molecule has 7 nitrogen and oxygen atoms in total. The minimum absolute atomic E-state index is 0.403. The molecule has 0 amide bonds. The highest BCUT2D eigenvalue weighted by molar-refractivity contribution is 5.77. The van der Waals surface area contributed by atoms with Gasteiger partial charge in [-0.1, -0.05) is 30.2 Å². The fourth-order valence-corrected chi connectivity index (χ4v) is 1.89. The lowest BCUT2D eigenvalue weighted by Gasteiger charge is -2.23. The molecule has 0 bridgehead atoms. The van der Waals surface area contributed by atoms with Crippen LogP contribution in [0.2, 0.25) is 0 Å². The van der Waals surface area contributed by atoms with E-state index in [1.54, 1.807) is 11.9 Å². The molecule has 2 aromatic rings. The average molecular weight is 261 g/mol. The first-order valence-electron chi connectivity index (χ1n) is 5.94. The molecular formula is C12H15N5O2. The lowest BCUT2D eigenvalue weighted by Crippen LogP contribution is -2.39. The average Bonchev–Trinajstić information content (AvgIpc) is 2.89. The van der Waals surface area contributed by atoms with E-state index in [1.165, 1.54) is 4.68 Å². The number of para-hydroxylation sites is 1. The molecule has 0 aliphatic heterocycles. The second-order valence-corrected chi connectivity index (χ2v) is 4.10. The molecule has 0 radical (unpaired) electrons. The minimum Gasteiger partial charge on any atom is -0.480 e. The van der Waals surface area contributed by atoms with E-state index in [0.717, 1.165) is 5.69 Å². The number of hydrogen-bond acceptors (Lipinski definition) is 5. The van der Waals surface area contributed by atoms with Crippen LogP contribution in [0.3, 0.4) is 0 Å². The molecular weight excluding hydrogens is 246 g/mol. The minimum atomic E-state index is -0.896. The van der Waals surface area contributed by atoms with Gasteiger partial charge in [0.25, 0.3) is 5.95 Å². The number of nitrogens with zero attached hydrogens (tertiary/aromatic N) is 5. The highest BCUT2D eigenvalue weighted by Gasteiger charge is 2.25. The van der Waals surface area contributed by atoms with Gasteiger partial charge in [-0.25, -0.2) is 4.79 Å². The van der Waals surface area contributed by atoms with Crippen molar-refractivity contribution in [3.05, 3.63) is 30.3 Å². The molecule has 0 aliphatic rings. The molecule has 1 heterocycles. The Labute approximate surface area is 110 Å². The van der Waals surface area contributed by atoms with E-state index >= 15 is 0 Å². The lowest BCUT2D eigenvalue weighted by atomic mass is 10.2. The summed E-state index contributed by atoms with van der Waals surface area (Å²) in [5.74, 6) is -0.493. The van der Waals surface area contributed by atoms with E-state index in [9.17, 15) is 9.90 Å². The van der Waals surface area contributed by atoms with Gasteiger partial charge < -0.3 is 10.0 Å². The van der Waals surface area contributed by atoms with Gasteiger partial charge in [-0.05, 0) is 29.0 Å². The van der Waals surface area contributed by atoms with Gasteiger partial charge in [0.05, 0.1) is 5.69 Å². The number of tetrazole rings is 1. The van der Waals surface area contributed by atoms with Crippen molar-refractivity contribution in [2.24, 2.45) is 0 Å². The van der Waals surface area contributed by atoms with Crippen molar-refractivity contribution in [3.63, 3.8) is 0 Å². The lowest BCUT2D eigenvalue weighted by molar-refractivity contribution is -0.138. The van der Waals surface area contributed by atoms with Crippen LogP contribution in [0.15, 0.2) is 30.3 Å². The maximum absolute atomic E-state index is 11.2. The van der Waals surface area contributed by atoms with Gasteiger partial charge in [-0.3, -0.25) is 0 Å². The molecule has 1 aromatic carbocycles. The number of carboxylic acids is 1. The molecule has 0 fully saturated rings. The molecule has 0 saturated carbocycles. The third kappa shape index (κ3) is 2.54. The number of likely N-dealkylation sites (N-methyl/N-ethyl adjacent to an activating group) is 1. The van der Waals surface area contributed by atoms with Gasteiger partial charge in [0.2, 0.25) is 0 Å². The zero-order chi connectivity index (χ0) is 13.8. The summed E-state index contributed by atoms with van der Waals surface area (Å²) < 4.78 is 1.52. The summed E-state index contributed by atoms with van der Waals surface area (Å²) in [6.45, 7) is 1.81. The maximum atomic E-state index is 11.2. The van der Waals surface area contributed by atoms with Gasteiger partial charge in [0, 0.05) is 7.05 Å². The van der Waals surface area contributed by atoms with E-state index in [-0.39, 0.29) is 0 Å². The second kappa shape index (κ2) is 5.47. The maximum Gasteiger partial charge on any atom is 0.326 e. The molecule has 0 aliphatic carbocycles. The van der Waals surface area contributed by atoms with Gasteiger partial charge in [0.15, 0.2) is 0 Å². The van der Waals surface area contributed by atoms with Crippen LogP contribution in [0.25, 0.3) is 5.69 Å². The smallest absolute Gasteiger partial charge is 0.326 e. The van der Waals surface area contributed by atoms with Gasteiger partial charge >= 0.3 is 5.97 Å². The van der Waals surface area contributed by atoms with Crippen molar-refractivity contribution in [2.75, 3.05) is 11.9 Å². The second-order valence-electron chi connectivity index (χ2n) is 4.10. The van der Waals surface area contributed by atoms with Gasteiger partial charge in [-0.15, -0.1) is 0 Å². The van der Waals surface area contributed by atoms with Crippen molar-refractivity contribution < 1.29 is 9.90 Å². The Morgan fingerprint density at radius 1 is 1.42 bits per heavy atom. The zero-order valence-electron chi connectivity index (χ0n) is 10.8. The standard InChI is InChI=1S/C12H15N5O2/c1-3-10(11(18)19)16(2)12-13-14-15-17(12)9-7-5-4-6-8-9/h4-8,10H,3H2,1-2H3,(H,18,19). The Kier molecular flexibility index (Phi) is 3.74. The number of rotatable bonds is 5. The molecule has 100 valence electrons. The van der Waals surface area contributed by atoms with E-state index in [1.807, 2.05) is 37.3 Å². The van der Waals surface area contributed by atoms with Crippen LogP contribution in [0, 0.1) is 0 Å². The summed E-state index contributed by atoms with van der Waals surface area (Å²) >= 11 is 0. The van der Waals surface area contributed by atoms with Crippen LogP contribution in [0.5, 0.6) is 0 Å². The van der Waals surface area contributed by atoms with Crippen LogP contribution in [-0.2, 0) is 4.79 Å². The Hall–Kier alpha value is -2.44. The first kappa shape index (κ1) is 13.0. The summed E-state index contributed by atoms with van der Waals surface area (Å²) in [7, 11) is 1.67. The predicted molar refractivity (Wildman–Crippen MR) is 69.3 cm³/mol. The monoisotopic (exact) mass is 261 g/mol. The summed E-state index contributed by atoms with van der Waals surface area (Å²) in [5, 5.41) is 20.6. The zero-order valence-corrected chi connectivity index (χ0v) is 10.8. The number of carboxylic acid groups (broad SMARTS) is 1. The number of anilines is 1. The van der Waals surface area contributed by atoms with Crippen LogP contribution >= 0.6 is 0 Å². The highest BCUT2D eigenvalue weighted by atomic mass is 16.4. The summed E-state index contributed by atoms with van der Waals surface area (Å²) in [4.78, 5) is 12.8. The Morgan fingerprint density at radius 3 is 2.68 bits per heavy atom. The molecule has 1 N–H and O–H groups in total. The normalized spacial score (nSPS) is 12.1. The molecule has 1 aromatic heterocycles. The number of carbonyl (C=O) groups is 1. The van der Waals surface area contributed by atoms with Crippen molar-refractivity contribution in [2.45, 2.75) is 19.4 Å². The highest BCUT2D eigenvalue weighted by Crippen LogP contribution is 2.17. The van der Waals surface area contributed by atoms with E-state index in [4.69, 9.17) is 0 Å². The van der Waals surface area contributed by atoms with E-state index in [2.05, 4.69) is 15.5 Å². The van der Waals surface area contributed by atoms with Crippen LogP contribution in [0.1, 0.15) is 13.3 Å². The number of aromatic nitrogens is 4.